The molecule has 0 aliphatic heterocycles. The van der Waals surface area contributed by atoms with Crippen molar-refractivity contribution >= 4 is 0 Å². The summed E-state index contributed by atoms with van der Waals surface area (Å²) in [4.78, 5) is 0. The third kappa shape index (κ3) is 8.73. The third-order valence-electron chi connectivity index (χ3n) is 4.80. The van der Waals surface area contributed by atoms with Gasteiger partial charge in [-0.2, -0.15) is 0 Å². The van der Waals surface area contributed by atoms with Gasteiger partial charge in [-0.05, 0) is 41.9 Å². The summed E-state index contributed by atoms with van der Waals surface area (Å²) in [5.41, 5.74) is 1.86. The molecule has 1 aromatic carbocycles. The van der Waals surface area contributed by atoms with Gasteiger partial charge in [-0.25, -0.2) is 0 Å². The van der Waals surface area contributed by atoms with Gasteiger partial charge in [-0.15, -0.1) is 0 Å². The molecule has 0 amide bonds. The lowest BCUT2D eigenvalue weighted by molar-refractivity contribution is -0.888. The second-order valence-corrected chi connectivity index (χ2v) is 9.58. The van der Waals surface area contributed by atoms with E-state index in [1.54, 1.807) is 0 Å². The number of benzene rings is 1. The Labute approximate surface area is 155 Å². The topological polar surface area (TPSA) is 18.5 Å². The monoisotopic (exact) mass is 350 g/mol. The van der Waals surface area contributed by atoms with E-state index in [4.69, 9.17) is 9.47 Å². The maximum absolute atomic E-state index is 5.80. The smallest absolute Gasteiger partial charge is 0.119 e. The first-order valence-electron chi connectivity index (χ1n) is 9.58. The van der Waals surface area contributed by atoms with Gasteiger partial charge < -0.3 is 14.0 Å². The number of hydrogen-bond acceptors (Lipinski definition) is 2. The summed E-state index contributed by atoms with van der Waals surface area (Å²) < 4.78 is 12.5. The number of hydrogen-bond donors (Lipinski definition) is 0. The van der Waals surface area contributed by atoms with Crippen LogP contribution in [0.2, 0.25) is 0 Å². The standard InChI is InChI=1S/C22H40NO2/c1-9-23(7,8)14-15-24-16-17-25-20-12-10-19(11-13-20)22(5,6)18-21(2,3)4/h10-13H,9,14-18H2,1-8H3/q+1. The van der Waals surface area contributed by atoms with Gasteiger partial charge >= 0.3 is 0 Å². The van der Waals surface area contributed by atoms with Gasteiger partial charge in [0.05, 0.1) is 33.9 Å². The average molecular weight is 351 g/mol. The number of rotatable bonds is 10. The highest BCUT2D eigenvalue weighted by molar-refractivity contribution is 5.31. The van der Waals surface area contributed by atoms with Crippen LogP contribution in [0, 0.1) is 5.41 Å². The first-order valence-corrected chi connectivity index (χ1v) is 9.58. The van der Waals surface area contributed by atoms with Gasteiger partial charge in [0, 0.05) is 0 Å². The summed E-state index contributed by atoms with van der Waals surface area (Å²) in [5.74, 6) is 0.920. The third-order valence-corrected chi connectivity index (χ3v) is 4.80. The molecule has 1 rings (SSSR count). The van der Waals surface area contributed by atoms with Crippen molar-refractivity contribution in [3.8, 4) is 5.75 Å². The lowest BCUT2D eigenvalue weighted by Crippen LogP contribution is -2.42. The van der Waals surface area contributed by atoms with Crippen LogP contribution in [0.5, 0.6) is 5.75 Å². The minimum atomic E-state index is 0.171. The lowest BCUT2D eigenvalue weighted by Gasteiger charge is -2.33. The van der Waals surface area contributed by atoms with Crippen molar-refractivity contribution in [1.29, 1.82) is 0 Å². The van der Waals surface area contributed by atoms with Crippen LogP contribution in [0.3, 0.4) is 0 Å². The van der Waals surface area contributed by atoms with Crippen molar-refractivity contribution in [3.05, 3.63) is 29.8 Å². The highest BCUT2D eigenvalue weighted by atomic mass is 16.5. The quantitative estimate of drug-likeness (QED) is 0.442. The molecule has 0 aliphatic rings. The summed E-state index contributed by atoms with van der Waals surface area (Å²) in [6.07, 6.45) is 1.15. The van der Waals surface area contributed by atoms with Gasteiger partial charge in [0.1, 0.15) is 18.9 Å². The number of nitrogens with zero attached hydrogens (tertiary/aromatic N) is 1. The van der Waals surface area contributed by atoms with E-state index in [1.165, 1.54) is 5.56 Å². The van der Waals surface area contributed by atoms with Crippen LogP contribution in [0.1, 0.15) is 53.5 Å². The van der Waals surface area contributed by atoms with Crippen LogP contribution >= 0.6 is 0 Å². The van der Waals surface area contributed by atoms with Crippen molar-refractivity contribution in [2.24, 2.45) is 5.41 Å². The Morgan fingerprint density at radius 1 is 0.880 bits per heavy atom. The van der Waals surface area contributed by atoms with E-state index in [9.17, 15) is 0 Å². The molecule has 1 aromatic rings. The first kappa shape index (κ1) is 22.0. The van der Waals surface area contributed by atoms with E-state index < -0.39 is 0 Å². The largest absolute Gasteiger partial charge is 0.491 e. The van der Waals surface area contributed by atoms with Gasteiger partial charge in [0.15, 0.2) is 0 Å². The summed E-state index contributed by atoms with van der Waals surface area (Å²) >= 11 is 0. The van der Waals surface area contributed by atoms with E-state index in [0.29, 0.717) is 18.6 Å². The molecular formula is C22H40NO2+. The van der Waals surface area contributed by atoms with Gasteiger partial charge in [-0.1, -0.05) is 46.8 Å². The van der Waals surface area contributed by atoms with E-state index in [2.05, 4.69) is 79.9 Å². The van der Waals surface area contributed by atoms with Crippen molar-refractivity contribution in [1.82, 2.24) is 0 Å². The molecular weight excluding hydrogens is 310 g/mol. The highest BCUT2D eigenvalue weighted by Crippen LogP contribution is 2.36. The van der Waals surface area contributed by atoms with Gasteiger partial charge in [0.2, 0.25) is 0 Å². The molecule has 3 heteroatoms. The lowest BCUT2D eigenvalue weighted by atomic mass is 9.72. The average Bonchev–Trinajstić information content (AvgIpc) is 2.49. The van der Waals surface area contributed by atoms with Crippen LogP contribution in [-0.4, -0.2) is 51.5 Å². The molecule has 3 nitrogen and oxygen atoms in total. The van der Waals surface area contributed by atoms with Crippen LogP contribution < -0.4 is 4.74 Å². The Hall–Kier alpha value is -1.06. The van der Waals surface area contributed by atoms with Crippen LogP contribution in [0.25, 0.3) is 0 Å². The van der Waals surface area contributed by atoms with Gasteiger partial charge in [0.25, 0.3) is 0 Å². The second kappa shape index (κ2) is 9.05. The SMILES string of the molecule is CC[N+](C)(C)CCOCCOc1ccc(C(C)(C)CC(C)(C)C)cc1. The molecule has 25 heavy (non-hydrogen) atoms. The second-order valence-electron chi connectivity index (χ2n) is 9.58. The van der Waals surface area contributed by atoms with E-state index in [-0.39, 0.29) is 5.41 Å². The fourth-order valence-corrected chi connectivity index (χ4v) is 3.22. The molecule has 0 aliphatic carbocycles. The Bertz CT molecular complexity index is 498. The molecule has 0 bridgehead atoms. The number of quaternary nitrogens is 1. The molecule has 0 radical (unpaired) electrons. The molecule has 0 unspecified atom stereocenters. The van der Waals surface area contributed by atoms with E-state index >= 15 is 0 Å². The Morgan fingerprint density at radius 2 is 1.48 bits per heavy atom. The summed E-state index contributed by atoms with van der Waals surface area (Å²) in [5, 5.41) is 0. The van der Waals surface area contributed by atoms with Crippen molar-refractivity contribution in [2.45, 2.75) is 53.4 Å². The highest BCUT2D eigenvalue weighted by Gasteiger charge is 2.27. The van der Waals surface area contributed by atoms with Crippen LogP contribution in [-0.2, 0) is 10.2 Å². The number of ether oxygens (including phenoxy) is 2. The predicted molar refractivity (Wildman–Crippen MR) is 107 cm³/mol. The normalized spacial score (nSPS) is 13.1. The van der Waals surface area contributed by atoms with E-state index in [1.807, 2.05) is 0 Å². The molecule has 0 spiro atoms. The zero-order chi connectivity index (χ0) is 19.1. The zero-order valence-electron chi connectivity index (χ0n) is 17.8. The summed E-state index contributed by atoms with van der Waals surface area (Å²) in [6, 6.07) is 8.56. The van der Waals surface area contributed by atoms with Crippen molar-refractivity contribution in [2.75, 3.05) is 47.0 Å². The fraction of sp³-hybridized carbons (Fsp3) is 0.727. The zero-order valence-corrected chi connectivity index (χ0v) is 17.8. The van der Waals surface area contributed by atoms with Crippen LogP contribution in [0.15, 0.2) is 24.3 Å². The Kier molecular flexibility index (Phi) is 7.95. The maximum Gasteiger partial charge on any atom is 0.119 e. The Balaban J connectivity index is 2.38. The molecule has 0 fully saturated rings. The summed E-state index contributed by atoms with van der Waals surface area (Å²) in [7, 11) is 4.45. The summed E-state index contributed by atoms with van der Waals surface area (Å²) in [6.45, 7) is 17.9. The molecule has 0 atom stereocenters. The fourth-order valence-electron chi connectivity index (χ4n) is 3.22. The van der Waals surface area contributed by atoms with Crippen molar-refractivity contribution in [3.63, 3.8) is 0 Å². The molecule has 0 N–H and O–H groups in total. The number of likely N-dealkylation sites (N-methyl/N-ethyl adjacent to an activating group) is 1. The van der Waals surface area contributed by atoms with Crippen molar-refractivity contribution < 1.29 is 14.0 Å². The minimum Gasteiger partial charge on any atom is -0.491 e. The minimum absolute atomic E-state index is 0.171. The Morgan fingerprint density at radius 3 is 2.00 bits per heavy atom. The van der Waals surface area contributed by atoms with E-state index in [0.717, 1.165) is 36.3 Å². The molecule has 0 heterocycles. The molecule has 0 saturated heterocycles. The maximum atomic E-state index is 5.80. The van der Waals surface area contributed by atoms with Gasteiger partial charge in [-0.3, -0.25) is 0 Å². The predicted octanol–water partition coefficient (Wildman–Crippen LogP) is 4.89. The molecule has 0 aromatic heterocycles. The molecule has 0 saturated carbocycles. The van der Waals surface area contributed by atoms with Crippen LogP contribution in [0.4, 0.5) is 0 Å². The first-order chi connectivity index (χ1) is 11.5. The molecule has 144 valence electrons.